The molecule has 0 spiro atoms. The van der Waals surface area contributed by atoms with E-state index in [0.29, 0.717) is 0 Å². The Hall–Kier alpha value is -2.59. The van der Waals surface area contributed by atoms with Crippen LogP contribution < -0.4 is 17.0 Å². The van der Waals surface area contributed by atoms with E-state index in [0.717, 1.165) is 17.9 Å². The largest absolute Gasteiger partial charge is 0.472 e. The summed E-state index contributed by atoms with van der Waals surface area (Å²) in [6.45, 7) is -5.30. The van der Waals surface area contributed by atoms with Crippen molar-refractivity contribution in [2.24, 2.45) is 0 Å². The van der Waals surface area contributed by atoms with Crippen molar-refractivity contribution < 1.29 is 46.5 Å². The maximum absolute atomic E-state index is 16.3. The first-order chi connectivity index (χ1) is 21.4. The third-order valence-corrected chi connectivity index (χ3v) is 12.5. The lowest BCUT2D eigenvalue weighted by atomic mass is 10.1. The fraction of sp³-hybridized carbons (Fsp3) is 0.524. The number of alkyl halides is 1. The molecule has 7 heterocycles. The molecule has 242 valence electrons. The number of halogens is 1. The molecule has 10 atom stereocenters. The minimum Gasteiger partial charge on any atom is -0.382 e. The average molecular weight is 708 g/mol. The number of phosphoric ester groups is 1. The second-order valence-corrected chi connectivity index (χ2v) is 16.0. The summed E-state index contributed by atoms with van der Waals surface area (Å²) < 4.78 is 69.3. The van der Waals surface area contributed by atoms with Gasteiger partial charge < -0.3 is 40.0 Å². The summed E-state index contributed by atoms with van der Waals surface area (Å²) in [5, 5.41) is 0. The van der Waals surface area contributed by atoms with Crippen LogP contribution in [0.3, 0.4) is 0 Å². The molecule has 0 amide bonds. The van der Waals surface area contributed by atoms with E-state index < -0.39 is 81.7 Å². The number of H-pyrrole nitrogens is 1. The fourth-order valence-electron chi connectivity index (χ4n) is 5.67. The molecule has 0 saturated carbocycles. The summed E-state index contributed by atoms with van der Waals surface area (Å²) in [6, 6.07) is 0. The number of hydrogen-bond donors (Lipinski definition) is 5. The molecular formula is C21H24FN9O10P2S2. The van der Waals surface area contributed by atoms with Crippen molar-refractivity contribution in [2.75, 3.05) is 31.8 Å². The van der Waals surface area contributed by atoms with E-state index >= 15 is 4.39 Å². The number of imidazole rings is 1. The van der Waals surface area contributed by atoms with Crippen molar-refractivity contribution in [1.29, 1.82) is 0 Å². The minimum atomic E-state index is -4.98. The summed E-state index contributed by atoms with van der Waals surface area (Å²) in [6.07, 6.45) is -7.16. The summed E-state index contributed by atoms with van der Waals surface area (Å²) in [5.74, 6) is -0.143. The molecule has 3 aliphatic rings. The van der Waals surface area contributed by atoms with Crippen molar-refractivity contribution in [3.05, 3.63) is 27.9 Å². The number of methoxy groups -OCH3 is 1. The van der Waals surface area contributed by atoms with E-state index in [-0.39, 0.29) is 38.8 Å². The lowest BCUT2D eigenvalue weighted by Crippen LogP contribution is -2.39. The Balaban J connectivity index is 1.24. The molecule has 0 radical (unpaired) electrons. The minimum absolute atomic E-state index is 0.0410. The quantitative estimate of drug-likeness (QED) is 0.179. The van der Waals surface area contributed by atoms with Crippen LogP contribution in [0.15, 0.2) is 17.4 Å². The lowest BCUT2D eigenvalue weighted by molar-refractivity contribution is -0.0462. The lowest BCUT2D eigenvalue weighted by Gasteiger charge is -2.30. The first kappa shape index (κ1) is 31.0. The van der Waals surface area contributed by atoms with Gasteiger partial charge in [-0.3, -0.25) is 23.4 Å². The molecule has 3 saturated heterocycles. The number of aromatic amines is 1. The number of nitrogens with zero attached hydrogens (tertiary/aromatic N) is 6. The SMILES string of the molecule is CO[C@H]1[C@H]2OP(=O)(O)OC[C@H]3O[C@@H](n4cnc5c(N)ncnc54)[C@H](F)[C@@H]3P(O)(=S)OC[C@H]1O[C@H]2c1snc2c(=O)[nH]c(N)nc12. The van der Waals surface area contributed by atoms with Gasteiger partial charge in [0.2, 0.25) is 5.95 Å². The summed E-state index contributed by atoms with van der Waals surface area (Å²) >= 11 is 6.29. The van der Waals surface area contributed by atoms with E-state index in [4.69, 9.17) is 51.1 Å². The Kier molecular flexibility index (Phi) is 7.78. The van der Waals surface area contributed by atoms with Crippen LogP contribution in [0.4, 0.5) is 16.2 Å². The number of rotatable bonds is 3. The van der Waals surface area contributed by atoms with Gasteiger partial charge in [-0.25, -0.2) is 28.9 Å². The van der Waals surface area contributed by atoms with Gasteiger partial charge in [0.25, 0.3) is 5.56 Å². The van der Waals surface area contributed by atoms with Crippen molar-refractivity contribution in [2.45, 2.75) is 48.6 Å². The molecule has 0 aliphatic carbocycles. The number of aromatic nitrogens is 7. The molecule has 3 fully saturated rings. The zero-order valence-electron chi connectivity index (χ0n) is 22.8. The molecule has 4 aromatic heterocycles. The van der Waals surface area contributed by atoms with Crippen LogP contribution in [0.25, 0.3) is 22.2 Å². The first-order valence-electron chi connectivity index (χ1n) is 13.1. The number of fused-ring (bicyclic) bond motifs is 5. The van der Waals surface area contributed by atoms with E-state index in [9.17, 15) is 19.1 Å². The highest BCUT2D eigenvalue weighted by atomic mass is 32.5. The number of anilines is 2. The summed E-state index contributed by atoms with van der Waals surface area (Å²) in [4.78, 5) is 53.5. The van der Waals surface area contributed by atoms with Gasteiger partial charge in [-0.1, -0.05) is 0 Å². The summed E-state index contributed by atoms with van der Waals surface area (Å²) in [5.41, 5.74) is 9.82. The predicted molar refractivity (Wildman–Crippen MR) is 156 cm³/mol. The van der Waals surface area contributed by atoms with Crippen LogP contribution in [-0.4, -0.2) is 100 Å². The van der Waals surface area contributed by atoms with Crippen molar-refractivity contribution >= 4 is 71.6 Å². The van der Waals surface area contributed by atoms with Crippen molar-refractivity contribution in [3.63, 3.8) is 0 Å². The van der Waals surface area contributed by atoms with Gasteiger partial charge >= 0.3 is 7.82 Å². The number of hydrogen-bond acceptors (Lipinski definition) is 17. The Morgan fingerprint density at radius 1 is 1.16 bits per heavy atom. The zero-order valence-corrected chi connectivity index (χ0v) is 26.2. The van der Waals surface area contributed by atoms with E-state index in [1.165, 1.54) is 18.0 Å². The Morgan fingerprint density at radius 3 is 2.71 bits per heavy atom. The van der Waals surface area contributed by atoms with Crippen LogP contribution in [0.2, 0.25) is 0 Å². The highest BCUT2D eigenvalue weighted by Gasteiger charge is 2.57. The van der Waals surface area contributed by atoms with E-state index in [1.807, 2.05) is 0 Å². The third kappa shape index (κ3) is 5.28. The zero-order chi connectivity index (χ0) is 31.8. The number of nitrogen functional groups attached to an aromatic ring is 2. The van der Waals surface area contributed by atoms with Gasteiger partial charge in [0, 0.05) is 7.11 Å². The Labute approximate surface area is 259 Å². The van der Waals surface area contributed by atoms with E-state index in [1.54, 1.807) is 0 Å². The Morgan fingerprint density at radius 2 is 1.93 bits per heavy atom. The van der Waals surface area contributed by atoms with Crippen molar-refractivity contribution in [3.8, 4) is 0 Å². The van der Waals surface area contributed by atoms with Gasteiger partial charge in [0.15, 0.2) is 35.9 Å². The molecule has 24 heteroatoms. The average Bonchev–Trinajstić information content (AvgIpc) is 3.74. The number of nitrogens with two attached hydrogens (primary N) is 2. The molecule has 3 aliphatic heterocycles. The second kappa shape index (κ2) is 11.3. The Bertz CT molecular complexity index is 1950. The molecule has 2 bridgehead atoms. The standard InChI is InChI=1S/C21H24FN9O10P2S2/c1-36-12-6-2-37-42(33,44)15-7(40-20(8(15)22)31-5-27-11-17(23)25-4-26-18(11)31)3-38-43(34,35)41-13(12)14(39-6)16-9-10(30-45-16)19(32)29-21(24)28-9/h4-8,12-15,20H,2-3H2,1H3,(H,33,44)(H,34,35)(H2,23,25,26)(H3,24,28,29,32)/t6-,7-,8-,12-,13-,14-,15-,20-,42?/m1/s1. The molecule has 7 N–H and O–H groups in total. The first-order valence-corrected chi connectivity index (χ1v) is 18.1. The van der Waals surface area contributed by atoms with Gasteiger partial charge in [0.05, 0.1) is 36.2 Å². The maximum atomic E-state index is 16.3. The van der Waals surface area contributed by atoms with Crippen LogP contribution in [0, 0.1) is 0 Å². The molecule has 2 unspecified atom stereocenters. The number of nitrogens with one attached hydrogen (secondary N) is 1. The maximum Gasteiger partial charge on any atom is 0.472 e. The number of phosphoric acid groups is 1. The topological polar surface area (TPSA) is 267 Å². The molecule has 45 heavy (non-hydrogen) atoms. The van der Waals surface area contributed by atoms with Crippen LogP contribution in [0.5, 0.6) is 0 Å². The van der Waals surface area contributed by atoms with Gasteiger partial charge in [-0.2, -0.15) is 4.37 Å². The highest BCUT2D eigenvalue weighted by molar-refractivity contribution is 8.09. The molecule has 7 rings (SSSR count). The summed E-state index contributed by atoms with van der Waals surface area (Å²) in [7, 11) is -3.69. The van der Waals surface area contributed by atoms with Gasteiger partial charge in [-0.05, 0) is 23.3 Å². The third-order valence-electron chi connectivity index (χ3n) is 7.63. The fourth-order valence-corrected chi connectivity index (χ4v) is 10.0. The molecular weight excluding hydrogens is 683 g/mol. The van der Waals surface area contributed by atoms with Crippen LogP contribution in [0.1, 0.15) is 17.2 Å². The van der Waals surface area contributed by atoms with Crippen LogP contribution >= 0.6 is 25.8 Å². The number of ether oxygens (including phenoxy) is 3. The normalized spacial score (nSPS) is 37.4. The highest BCUT2D eigenvalue weighted by Crippen LogP contribution is 2.60. The van der Waals surface area contributed by atoms with Crippen molar-refractivity contribution in [1.82, 2.24) is 33.9 Å². The molecule has 19 nitrogen and oxygen atoms in total. The van der Waals surface area contributed by atoms with Gasteiger partial charge in [-0.15, -0.1) is 0 Å². The monoisotopic (exact) mass is 707 g/mol. The van der Waals surface area contributed by atoms with Crippen LogP contribution in [-0.2, 0) is 44.2 Å². The predicted octanol–water partition coefficient (Wildman–Crippen LogP) is 0.277. The smallest absolute Gasteiger partial charge is 0.382 e. The molecule has 0 aromatic carbocycles. The molecule has 4 aromatic rings. The van der Waals surface area contributed by atoms with E-state index in [2.05, 4.69) is 29.3 Å². The van der Waals surface area contributed by atoms with Gasteiger partial charge in [0.1, 0.15) is 41.8 Å². The second-order valence-electron chi connectivity index (χ2n) is 10.3.